The van der Waals surface area contributed by atoms with E-state index in [0.717, 1.165) is 17.0 Å². The molecule has 3 aromatic rings. The van der Waals surface area contributed by atoms with Crippen molar-refractivity contribution < 1.29 is 9.53 Å². The summed E-state index contributed by atoms with van der Waals surface area (Å²) < 4.78 is 7.06. The Hall–Kier alpha value is -3.35. The van der Waals surface area contributed by atoms with Crippen LogP contribution < -0.4 is 15.2 Å². The molecule has 1 aliphatic rings. The van der Waals surface area contributed by atoms with Gasteiger partial charge in [0.2, 0.25) is 0 Å². The Morgan fingerprint density at radius 2 is 1.72 bits per heavy atom. The van der Waals surface area contributed by atoms with Gasteiger partial charge in [-0.15, -0.1) is 0 Å². The van der Waals surface area contributed by atoms with Gasteiger partial charge in [-0.2, -0.15) is 0 Å². The van der Waals surface area contributed by atoms with Crippen molar-refractivity contribution in [2.45, 2.75) is 13.5 Å². The van der Waals surface area contributed by atoms with E-state index in [-0.39, 0.29) is 17.2 Å². The van der Waals surface area contributed by atoms with Crippen molar-refractivity contribution in [1.29, 1.82) is 0 Å². The Morgan fingerprint density at radius 1 is 1.03 bits per heavy atom. The van der Waals surface area contributed by atoms with Crippen molar-refractivity contribution in [2.24, 2.45) is 0 Å². The van der Waals surface area contributed by atoms with E-state index in [1.807, 2.05) is 55.5 Å². The highest BCUT2D eigenvalue weighted by molar-refractivity contribution is 5.94. The molecular formula is C22H24N4O3. The molecule has 0 saturated carbocycles. The van der Waals surface area contributed by atoms with Crippen LogP contribution in [0.2, 0.25) is 0 Å². The third-order valence-electron chi connectivity index (χ3n) is 5.36. The summed E-state index contributed by atoms with van der Waals surface area (Å²) in [6.45, 7) is 4.77. The van der Waals surface area contributed by atoms with Crippen LogP contribution in [0, 0.1) is 0 Å². The molecule has 0 aliphatic carbocycles. The molecular weight excluding hydrogens is 368 g/mol. The SMILES string of the molecule is CCn1c(=O)c(C(=O)N2CCN(c3ccccc3OC)CC2)nc2ccccc21. The second-order valence-corrected chi connectivity index (χ2v) is 6.95. The number of benzene rings is 2. The van der Waals surface area contributed by atoms with Crippen LogP contribution in [-0.2, 0) is 6.54 Å². The summed E-state index contributed by atoms with van der Waals surface area (Å²) in [5.41, 5.74) is 2.08. The Labute approximate surface area is 169 Å². The molecule has 0 bridgehead atoms. The fourth-order valence-electron chi connectivity index (χ4n) is 3.84. The molecule has 1 aromatic heterocycles. The number of ether oxygens (including phenoxy) is 1. The van der Waals surface area contributed by atoms with Crippen molar-refractivity contribution in [3.05, 3.63) is 64.6 Å². The summed E-state index contributed by atoms with van der Waals surface area (Å²) in [5, 5.41) is 0. The molecule has 2 heterocycles. The highest BCUT2D eigenvalue weighted by atomic mass is 16.5. The van der Waals surface area contributed by atoms with Gasteiger partial charge in [0.05, 0.1) is 23.8 Å². The lowest BCUT2D eigenvalue weighted by molar-refractivity contribution is 0.0738. The summed E-state index contributed by atoms with van der Waals surface area (Å²) >= 11 is 0. The first-order chi connectivity index (χ1) is 14.1. The van der Waals surface area contributed by atoms with E-state index >= 15 is 0 Å². The summed E-state index contributed by atoms with van der Waals surface area (Å²) in [7, 11) is 1.66. The normalized spacial score (nSPS) is 14.3. The Kier molecular flexibility index (Phi) is 5.20. The number of rotatable bonds is 4. The topological polar surface area (TPSA) is 67.7 Å². The van der Waals surface area contributed by atoms with Gasteiger partial charge in [0.15, 0.2) is 5.69 Å². The maximum absolute atomic E-state index is 13.1. The largest absolute Gasteiger partial charge is 0.495 e. The van der Waals surface area contributed by atoms with Crippen LogP contribution >= 0.6 is 0 Å². The van der Waals surface area contributed by atoms with Crippen LogP contribution in [0.15, 0.2) is 53.3 Å². The Balaban J connectivity index is 1.58. The standard InChI is InChI=1S/C22H24N4O3/c1-3-26-17-9-5-4-8-16(17)23-20(22(26)28)21(27)25-14-12-24(13-15-25)18-10-6-7-11-19(18)29-2/h4-11H,3,12-15H2,1-2H3. The number of nitrogens with zero attached hydrogens (tertiary/aromatic N) is 4. The molecule has 0 radical (unpaired) electrons. The average Bonchev–Trinajstić information content (AvgIpc) is 2.78. The van der Waals surface area contributed by atoms with Crippen molar-refractivity contribution in [3.8, 4) is 5.75 Å². The zero-order valence-corrected chi connectivity index (χ0v) is 16.7. The van der Waals surface area contributed by atoms with E-state index < -0.39 is 0 Å². The zero-order chi connectivity index (χ0) is 20.4. The molecule has 29 heavy (non-hydrogen) atoms. The average molecular weight is 392 g/mol. The third-order valence-corrected chi connectivity index (χ3v) is 5.36. The maximum atomic E-state index is 13.1. The van der Waals surface area contributed by atoms with Crippen LogP contribution in [0.5, 0.6) is 5.75 Å². The highest BCUT2D eigenvalue weighted by Crippen LogP contribution is 2.28. The van der Waals surface area contributed by atoms with Crippen molar-refractivity contribution in [1.82, 2.24) is 14.5 Å². The molecule has 1 amide bonds. The van der Waals surface area contributed by atoms with Gasteiger partial charge in [0, 0.05) is 32.7 Å². The minimum absolute atomic E-state index is 0.00343. The molecule has 0 atom stereocenters. The number of fused-ring (bicyclic) bond motifs is 1. The van der Waals surface area contributed by atoms with Crippen LogP contribution in [0.4, 0.5) is 5.69 Å². The number of hydrogen-bond acceptors (Lipinski definition) is 5. The van der Waals surface area contributed by atoms with E-state index in [2.05, 4.69) is 9.88 Å². The van der Waals surface area contributed by atoms with E-state index in [1.165, 1.54) is 0 Å². The van der Waals surface area contributed by atoms with Crippen molar-refractivity contribution in [3.63, 3.8) is 0 Å². The van der Waals surface area contributed by atoms with Gasteiger partial charge in [-0.3, -0.25) is 9.59 Å². The number of anilines is 1. The van der Waals surface area contributed by atoms with Crippen molar-refractivity contribution in [2.75, 3.05) is 38.2 Å². The number of aryl methyl sites for hydroxylation is 1. The summed E-state index contributed by atoms with van der Waals surface area (Å²) in [6, 6.07) is 15.3. The quantitative estimate of drug-likeness (QED) is 0.682. The molecule has 0 spiro atoms. The predicted molar refractivity (Wildman–Crippen MR) is 113 cm³/mol. The lowest BCUT2D eigenvalue weighted by Crippen LogP contribution is -2.50. The van der Waals surface area contributed by atoms with Crippen LogP contribution in [-0.4, -0.2) is 53.6 Å². The van der Waals surface area contributed by atoms with Gasteiger partial charge in [-0.25, -0.2) is 4.98 Å². The number of methoxy groups -OCH3 is 1. The molecule has 0 N–H and O–H groups in total. The molecule has 7 nitrogen and oxygen atoms in total. The zero-order valence-electron chi connectivity index (χ0n) is 16.7. The number of carbonyl (C=O) groups is 1. The third kappa shape index (κ3) is 3.44. The molecule has 1 saturated heterocycles. The molecule has 0 unspecified atom stereocenters. The number of para-hydroxylation sites is 4. The summed E-state index contributed by atoms with van der Waals surface area (Å²) in [4.78, 5) is 34.3. The first kappa shape index (κ1) is 19.0. The minimum Gasteiger partial charge on any atom is -0.495 e. The summed E-state index contributed by atoms with van der Waals surface area (Å²) in [5.74, 6) is 0.511. The van der Waals surface area contributed by atoms with Gasteiger partial charge in [-0.1, -0.05) is 24.3 Å². The monoisotopic (exact) mass is 392 g/mol. The lowest BCUT2D eigenvalue weighted by Gasteiger charge is -2.36. The molecule has 1 fully saturated rings. The number of amides is 1. The fraction of sp³-hybridized carbons (Fsp3) is 0.318. The van der Waals surface area contributed by atoms with Crippen LogP contribution in [0.25, 0.3) is 11.0 Å². The van der Waals surface area contributed by atoms with Gasteiger partial charge in [-0.05, 0) is 31.2 Å². The second-order valence-electron chi connectivity index (χ2n) is 6.95. The molecule has 150 valence electrons. The fourth-order valence-corrected chi connectivity index (χ4v) is 3.84. The van der Waals surface area contributed by atoms with E-state index in [4.69, 9.17) is 4.74 Å². The number of hydrogen-bond donors (Lipinski definition) is 0. The van der Waals surface area contributed by atoms with E-state index in [1.54, 1.807) is 16.6 Å². The molecule has 2 aromatic carbocycles. The molecule has 4 rings (SSSR count). The predicted octanol–water partition coefficient (Wildman–Crippen LogP) is 2.39. The molecule has 1 aliphatic heterocycles. The number of carbonyl (C=O) groups excluding carboxylic acids is 1. The van der Waals surface area contributed by atoms with Gasteiger partial charge in [0.25, 0.3) is 11.5 Å². The van der Waals surface area contributed by atoms with Gasteiger partial charge < -0.3 is 19.1 Å². The van der Waals surface area contributed by atoms with Crippen LogP contribution in [0.3, 0.4) is 0 Å². The number of piperazine rings is 1. The van der Waals surface area contributed by atoms with Crippen molar-refractivity contribution >= 4 is 22.6 Å². The summed E-state index contributed by atoms with van der Waals surface area (Å²) in [6.07, 6.45) is 0. The minimum atomic E-state index is -0.330. The smallest absolute Gasteiger partial charge is 0.282 e. The van der Waals surface area contributed by atoms with Crippen LogP contribution in [0.1, 0.15) is 17.4 Å². The molecule has 7 heteroatoms. The Morgan fingerprint density at radius 3 is 2.45 bits per heavy atom. The lowest BCUT2D eigenvalue weighted by atomic mass is 10.2. The Bertz CT molecular complexity index is 1100. The first-order valence-electron chi connectivity index (χ1n) is 9.81. The second kappa shape index (κ2) is 7.95. The van der Waals surface area contributed by atoms with E-state index in [0.29, 0.717) is 38.2 Å². The van der Waals surface area contributed by atoms with E-state index in [9.17, 15) is 9.59 Å². The number of aromatic nitrogens is 2. The first-order valence-corrected chi connectivity index (χ1v) is 9.81. The van der Waals surface area contributed by atoms with Gasteiger partial charge in [0.1, 0.15) is 5.75 Å². The highest BCUT2D eigenvalue weighted by Gasteiger charge is 2.27. The maximum Gasteiger partial charge on any atom is 0.282 e. The van der Waals surface area contributed by atoms with Gasteiger partial charge >= 0.3 is 0 Å².